The molecule has 0 radical (unpaired) electrons. The summed E-state index contributed by atoms with van der Waals surface area (Å²) in [7, 11) is 1.76. The van der Waals surface area contributed by atoms with Crippen molar-refractivity contribution in [3.05, 3.63) is 39.0 Å². The molecule has 0 aliphatic rings. The molecule has 0 aliphatic heterocycles. The first kappa shape index (κ1) is 15.0. The Morgan fingerprint density at radius 3 is 2.77 bits per heavy atom. The van der Waals surface area contributed by atoms with E-state index in [-0.39, 0.29) is 0 Å². The zero-order valence-corrected chi connectivity index (χ0v) is 14.4. The third kappa shape index (κ3) is 3.28. The van der Waals surface area contributed by atoms with E-state index in [1.165, 1.54) is 4.88 Å². The average molecular weight is 334 g/mol. The van der Waals surface area contributed by atoms with Crippen molar-refractivity contribution in [2.24, 2.45) is 4.99 Å². The van der Waals surface area contributed by atoms with Crippen molar-refractivity contribution in [3.8, 4) is 0 Å². The maximum Gasteiger partial charge on any atom is 0.193 e. The van der Waals surface area contributed by atoms with Gasteiger partial charge < -0.3 is 10.6 Å². The summed E-state index contributed by atoms with van der Waals surface area (Å²) in [5.74, 6) is 0.752. The molecule has 3 aromatic heterocycles. The molecule has 0 saturated carbocycles. The number of hydrogen-bond acceptors (Lipinski definition) is 5. The minimum Gasteiger partial charge on any atom is -0.351 e. The van der Waals surface area contributed by atoms with Gasteiger partial charge in [0.1, 0.15) is 5.01 Å². The van der Waals surface area contributed by atoms with Crippen LogP contribution in [0.2, 0.25) is 0 Å². The minimum absolute atomic E-state index is 0.643. The highest BCUT2D eigenvalue weighted by Gasteiger charge is 2.06. The molecule has 3 heterocycles. The number of thiazole rings is 2. The summed E-state index contributed by atoms with van der Waals surface area (Å²) in [5.41, 5.74) is 2.10. The van der Waals surface area contributed by atoms with Crippen LogP contribution in [0, 0.1) is 13.8 Å². The Bertz CT molecular complexity index is 749. The smallest absolute Gasteiger partial charge is 0.193 e. The van der Waals surface area contributed by atoms with Crippen LogP contribution in [0.5, 0.6) is 0 Å². The van der Waals surface area contributed by atoms with E-state index < -0.39 is 0 Å². The second-order valence-corrected chi connectivity index (χ2v) is 7.01. The van der Waals surface area contributed by atoms with E-state index >= 15 is 0 Å². The molecular weight excluding hydrogens is 316 g/mol. The lowest BCUT2D eigenvalue weighted by molar-refractivity contribution is 0.794. The molecule has 22 heavy (non-hydrogen) atoms. The predicted octanol–water partition coefficient (Wildman–Crippen LogP) is 2.33. The monoisotopic (exact) mass is 334 g/mol. The van der Waals surface area contributed by atoms with Crippen molar-refractivity contribution in [1.82, 2.24) is 25.0 Å². The highest BCUT2D eigenvalue weighted by Crippen LogP contribution is 2.16. The highest BCUT2D eigenvalue weighted by atomic mass is 32.1. The van der Waals surface area contributed by atoms with Crippen LogP contribution in [0.15, 0.2) is 22.8 Å². The lowest BCUT2D eigenvalue weighted by Gasteiger charge is -2.09. The molecule has 0 saturated heterocycles. The van der Waals surface area contributed by atoms with Gasteiger partial charge in [0, 0.05) is 29.7 Å². The van der Waals surface area contributed by atoms with E-state index in [0.717, 1.165) is 27.3 Å². The van der Waals surface area contributed by atoms with E-state index in [4.69, 9.17) is 0 Å². The van der Waals surface area contributed by atoms with Gasteiger partial charge in [-0.3, -0.25) is 9.39 Å². The van der Waals surface area contributed by atoms with Gasteiger partial charge in [-0.25, -0.2) is 9.97 Å². The van der Waals surface area contributed by atoms with Gasteiger partial charge in [-0.15, -0.1) is 22.7 Å². The molecule has 0 bridgehead atoms. The molecule has 2 N–H and O–H groups in total. The fourth-order valence-electron chi connectivity index (χ4n) is 2.03. The molecular formula is C14H18N6S2. The van der Waals surface area contributed by atoms with Crippen LogP contribution in [0.25, 0.3) is 4.96 Å². The summed E-state index contributed by atoms with van der Waals surface area (Å²) >= 11 is 3.35. The van der Waals surface area contributed by atoms with Crippen LogP contribution in [0.1, 0.15) is 21.3 Å². The van der Waals surface area contributed by atoms with E-state index in [1.54, 1.807) is 29.7 Å². The van der Waals surface area contributed by atoms with E-state index in [0.29, 0.717) is 13.1 Å². The zero-order valence-electron chi connectivity index (χ0n) is 12.8. The second-order valence-electron chi connectivity index (χ2n) is 4.85. The quantitative estimate of drug-likeness (QED) is 0.568. The fraction of sp³-hybridized carbons (Fsp3) is 0.357. The first-order valence-electron chi connectivity index (χ1n) is 6.94. The van der Waals surface area contributed by atoms with Gasteiger partial charge in [0.25, 0.3) is 0 Å². The van der Waals surface area contributed by atoms with Gasteiger partial charge >= 0.3 is 0 Å². The van der Waals surface area contributed by atoms with Crippen LogP contribution in [0.4, 0.5) is 0 Å². The number of aryl methyl sites for hydroxylation is 2. The average Bonchev–Trinajstić information content (AvgIpc) is 3.15. The Kier molecular flexibility index (Phi) is 4.39. The van der Waals surface area contributed by atoms with Crippen molar-refractivity contribution in [2.75, 3.05) is 7.05 Å². The third-order valence-corrected chi connectivity index (χ3v) is 5.13. The highest BCUT2D eigenvalue weighted by molar-refractivity contribution is 7.15. The van der Waals surface area contributed by atoms with Gasteiger partial charge in [0.05, 0.1) is 24.5 Å². The summed E-state index contributed by atoms with van der Waals surface area (Å²) in [5, 5.41) is 9.65. The Hall–Kier alpha value is -1.93. The number of aliphatic imine (C=N–C) groups is 1. The number of aromatic nitrogens is 3. The van der Waals surface area contributed by atoms with Gasteiger partial charge in [-0.05, 0) is 13.8 Å². The van der Waals surface area contributed by atoms with Crippen LogP contribution in [0.3, 0.4) is 0 Å². The van der Waals surface area contributed by atoms with Gasteiger partial charge in [0.15, 0.2) is 10.9 Å². The summed E-state index contributed by atoms with van der Waals surface area (Å²) in [6.07, 6.45) is 4.04. The molecule has 0 amide bonds. The molecule has 116 valence electrons. The third-order valence-electron chi connectivity index (χ3n) is 3.28. The van der Waals surface area contributed by atoms with Gasteiger partial charge in [-0.1, -0.05) is 0 Å². The molecule has 0 unspecified atom stereocenters. The Labute approximate surface area is 137 Å². The standard InChI is InChI=1S/C14H18N6S2/c1-9-10(2)22-12(18-9)7-17-13(15-3)16-6-11-8-20-4-5-21-14(20)19-11/h4-5,8H,6-7H2,1-3H3,(H2,15,16,17). The molecule has 0 spiro atoms. The Balaban J connectivity index is 1.54. The van der Waals surface area contributed by atoms with Crippen LogP contribution in [-0.2, 0) is 13.1 Å². The number of rotatable bonds is 4. The number of hydrogen-bond donors (Lipinski definition) is 2. The largest absolute Gasteiger partial charge is 0.351 e. The molecule has 0 aliphatic carbocycles. The normalized spacial score (nSPS) is 12.0. The summed E-state index contributed by atoms with van der Waals surface area (Å²) in [4.78, 5) is 15.6. The maximum absolute atomic E-state index is 4.54. The molecule has 0 fully saturated rings. The van der Waals surface area contributed by atoms with Crippen LogP contribution in [-0.4, -0.2) is 27.4 Å². The summed E-state index contributed by atoms with van der Waals surface area (Å²) in [6.45, 7) is 5.45. The molecule has 3 rings (SSSR count). The zero-order chi connectivity index (χ0) is 15.5. The lowest BCUT2D eigenvalue weighted by Crippen LogP contribution is -2.36. The van der Waals surface area contributed by atoms with E-state index in [2.05, 4.69) is 32.5 Å². The fourth-order valence-corrected chi connectivity index (χ4v) is 3.62. The first-order valence-corrected chi connectivity index (χ1v) is 8.64. The van der Waals surface area contributed by atoms with Gasteiger partial charge in [-0.2, -0.15) is 0 Å². The molecule has 3 aromatic rings. The Morgan fingerprint density at radius 1 is 1.27 bits per heavy atom. The van der Waals surface area contributed by atoms with E-state index in [1.807, 2.05) is 29.1 Å². The number of nitrogens with one attached hydrogen (secondary N) is 2. The second kappa shape index (κ2) is 6.45. The minimum atomic E-state index is 0.643. The Morgan fingerprint density at radius 2 is 2.09 bits per heavy atom. The van der Waals surface area contributed by atoms with Crippen molar-refractivity contribution in [2.45, 2.75) is 26.9 Å². The predicted molar refractivity (Wildman–Crippen MR) is 91.7 cm³/mol. The maximum atomic E-state index is 4.54. The van der Waals surface area contributed by atoms with Crippen molar-refractivity contribution < 1.29 is 0 Å². The van der Waals surface area contributed by atoms with Crippen LogP contribution >= 0.6 is 22.7 Å². The van der Waals surface area contributed by atoms with Crippen molar-refractivity contribution in [3.63, 3.8) is 0 Å². The molecule has 8 heteroatoms. The number of imidazole rings is 1. The molecule has 6 nitrogen and oxygen atoms in total. The number of nitrogens with zero attached hydrogens (tertiary/aromatic N) is 4. The SMILES string of the molecule is CN=C(NCc1cn2ccsc2n1)NCc1nc(C)c(C)s1. The van der Waals surface area contributed by atoms with Gasteiger partial charge in [0.2, 0.25) is 0 Å². The first-order chi connectivity index (χ1) is 10.7. The van der Waals surface area contributed by atoms with E-state index in [9.17, 15) is 0 Å². The van der Waals surface area contributed by atoms with Crippen molar-refractivity contribution in [1.29, 1.82) is 0 Å². The topological polar surface area (TPSA) is 66.6 Å². The lowest BCUT2D eigenvalue weighted by atomic mass is 10.4. The number of guanidine groups is 1. The number of fused-ring (bicyclic) bond motifs is 1. The molecule has 0 aromatic carbocycles. The molecule has 0 atom stereocenters. The summed E-state index contributed by atoms with van der Waals surface area (Å²) in [6, 6.07) is 0. The van der Waals surface area contributed by atoms with Crippen molar-refractivity contribution >= 4 is 33.6 Å². The summed E-state index contributed by atoms with van der Waals surface area (Å²) < 4.78 is 2.03. The van der Waals surface area contributed by atoms with Crippen LogP contribution < -0.4 is 10.6 Å².